The second kappa shape index (κ2) is 37.0. The molecule has 9 aromatic heterocycles. The average molecular weight is 1860 g/mol. The molecule has 0 radical (unpaired) electrons. The van der Waals surface area contributed by atoms with Gasteiger partial charge in [0.25, 0.3) is 0 Å². The van der Waals surface area contributed by atoms with E-state index in [1.165, 1.54) is 30.9 Å². The first-order valence-electron chi connectivity index (χ1n) is 48.1. The summed E-state index contributed by atoms with van der Waals surface area (Å²) in [6.07, 6.45) is 0. The van der Waals surface area contributed by atoms with E-state index in [0.717, 1.165) is 223 Å². The van der Waals surface area contributed by atoms with Gasteiger partial charge in [-0.05, 0) is 137 Å². The van der Waals surface area contributed by atoms with Crippen LogP contribution in [0.4, 0.5) is 0 Å². The van der Waals surface area contributed by atoms with Gasteiger partial charge in [-0.25, -0.2) is 29.9 Å². The Kier molecular flexibility index (Phi) is 21.9. The van der Waals surface area contributed by atoms with Gasteiger partial charge in [0.1, 0.15) is 45.2 Å². The van der Waals surface area contributed by atoms with Gasteiger partial charge in [0.05, 0.1) is 56.4 Å². The van der Waals surface area contributed by atoms with Crippen molar-refractivity contribution in [2.75, 3.05) is 0 Å². The lowest BCUT2D eigenvalue weighted by atomic mass is 9.96. The number of thiophene rings is 1. The van der Waals surface area contributed by atoms with E-state index in [1.54, 1.807) is 11.3 Å². The molecule has 19 aromatic carbocycles. The Bertz CT molecular complexity index is 9210. The zero-order valence-electron chi connectivity index (χ0n) is 77.6. The van der Waals surface area contributed by atoms with E-state index in [1.807, 2.05) is 97.1 Å². The molecule has 0 saturated carbocycles. The maximum absolute atomic E-state index is 6.42. The van der Waals surface area contributed by atoms with Gasteiger partial charge < -0.3 is 22.2 Å². The van der Waals surface area contributed by atoms with E-state index in [-0.39, 0.29) is 0 Å². The molecule has 28 rings (SSSR count). The molecule has 0 atom stereocenters. The summed E-state index contributed by atoms with van der Waals surface area (Å²) in [4.78, 5) is 31.6. The Balaban J connectivity index is 0.000000110. The van der Waals surface area contributed by atoms with Crippen LogP contribution in [0, 0.1) is 0 Å². The van der Waals surface area contributed by atoms with E-state index >= 15 is 0 Å². The van der Waals surface area contributed by atoms with E-state index in [4.69, 9.17) is 47.6 Å². The van der Waals surface area contributed by atoms with Gasteiger partial charge in [0, 0.05) is 119 Å². The van der Waals surface area contributed by atoms with E-state index in [9.17, 15) is 0 Å². The quantitative estimate of drug-likeness (QED) is 0.0920. The van der Waals surface area contributed by atoms with Crippen LogP contribution in [0.25, 0.3) is 272 Å². The monoisotopic (exact) mass is 1860 g/mol. The van der Waals surface area contributed by atoms with Crippen LogP contribution >= 0.6 is 11.3 Å². The molecule has 0 amide bonds. The number of hydrogen-bond acceptors (Lipinski definition) is 11. The molecular weight excluding hydrogens is 1780 g/mol. The first-order chi connectivity index (χ1) is 71.3. The molecule has 9 heterocycles. The number of hydrogen-bond donors (Lipinski definition) is 0. The maximum Gasteiger partial charge on any atom is 0.164 e. The fraction of sp³-hybridized carbons (Fsp3) is 0. The highest BCUT2D eigenvalue weighted by Crippen LogP contribution is 2.47. The van der Waals surface area contributed by atoms with Crippen molar-refractivity contribution in [3.8, 4) is 175 Å². The summed E-state index contributed by atoms with van der Waals surface area (Å²) in [6, 6.07) is 174. The summed E-state index contributed by atoms with van der Waals surface area (Å²) in [5.74, 6) is 4.52. The van der Waals surface area contributed by atoms with Gasteiger partial charge in [0.15, 0.2) is 17.5 Å². The molecular formula is C132H83N7O4S. The Labute approximate surface area is 832 Å². The first kappa shape index (κ1) is 85.3. The van der Waals surface area contributed by atoms with Crippen molar-refractivity contribution < 1.29 is 17.7 Å². The van der Waals surface area contributed by atoms with Crippen LogP contribution in [0.3, 0.4) is 0 Å². The van der Waals surface area contributed by atoms with Crippen LogP contribution in [-0.4, -0.2) is 34.5 Å². The van der Waals surface area contributed by atoms with Crippen LogP contribution in [0.5, 0.6) is 0 Å². The van der Waals surface area contributed by atoms with Crippen LogP contribution in [0.2, 0.25) is 0 Å². The molecule has 0 aliphatic rings. The van der Waals surface area contributed by atoms with Gasteiger partial charge in [-0.15, -0.1) is 11.3 Å². The lowest BCUT2D eigenvalue weighted by Crippen LogP contribution is -2.01. The number of fused-ring (bicyclic) bond motifs is 12. The second-order valence-electron chi connectivity index (χ2n) is 35.7. The largest absolute Gasteiger partial charge is 0.456 e. The maximum atomic E-state index is 6.42. The van der Waals surface area contributed by atoms with Crippen molar-refractivity contribution in [3.05, 3.63) is 504 Å². The molecule has 0 bridgehead atoms. The third-order valence-electron chi connectivity index (χ3n) is 27.0. The summed E-state index contributed by atoms with van der Waals surface area (Å²) in [7, 11) is 0. The number of benzene rings is 19. The van der Waals surface area contributed by atoms with Crippen LogP contribution in [0.15, 0.2) is 521 Å². The van der Waals surface area contributed by atoms with Crippen molar-refractivity contribution in [1.29, 1.82) is 0 Å². The third-order valence-corrected chi connectivity index (χ3v) is 28.2. The second-order valence-corrected chi connectivity index (χ2v) is 36.8. The van der Waals surface area contributed by atoms with Gasteiger partial charge in [-0.1, -0.05) is 400 Å². The van der Waals surface area contributed by atoms with Crippen molar-refractivity contribution in [3.63, 3.8) is 0 Å². The minimum Gasteiger partial charge on any atom is -0.456 e. The molecule has 0 aliphatic heterocycles. The number of nitrogens with zero attached hydrogens (tertiary/aromatic N) is 7. The van der Waals surface area contributed by atoms with Gasteiger partial charge >= 0.3 is 0 Å². The molecule has 0 N–H and O–H groups in total. The van der Waals surface area contributed by atoms with Crippen LogP contribution in [-0.2, 0) is 0 Å². The smallest absolute Gasteiger partial charge is 0.164 e. The average Bonchev–Trinajstić information content (AvgIpc) is 1.58. The van der Waals surface area contributed by atoms with Crippen LogP contribution < -0.4 is 0 Å². The highest BCUT2D eigenvalue weighted by molar-refractivity contribution is 7.26. The predicted molar refractivity (Wildman–Crippen MR) is 591 cm³/mol. The molecule has 11 nitrogen and oxygen atoms in total. The topological polar surface area (TPSA) is 135 Å². The van der Waals surface area contributed by atoms with E-state index in [2.05, 4.69) is 411 Å². The lowest BCUT2D eigenvalue weighted by Gasteiger charge is -2.16. The summed E-state index contributed by atoms with van der Waals surface area (Å²) in [6.45, 7) is 0. The Morgan fingerprint density at radius 3 is 0.924 bits per heavy atom. The molecule has 28 aromatic rings. The predicted octanol–water partition coefficient (Wildman–Crippen LogP) is 36.0. The highest BCUT2D eigenvalue weighted by Gasteiger charge is 2.25. The van der Waals surface area contributed by atoms with E-state index < -0.39 is 0 Å². The number of furan rings is 4. The Hall–Kier alpha value is -19.1. The molecule has 12 heteroatoms. The minimum absolute atomic E-state index is 0.612. The number of aromatic nitrogens is 7. The van der Waals surface area contributed by atoms with Gasteiger partial charge in [-0.2, -0.15) is 0 Å². The summed E-state index contributed by atoms with van der Waals surface area (Å²) in [5, 5.41) is 10.3. The molecule has 676 valence electrons. The van der Waals surface area contributed by atoms with E-state index in [0.29, 0.717) is 17.5 Å². The van der Waals surface area contributed by atoms with Crippen molar-refractivity contribution in [1.82, 2.24) is 34.5 Å². The molecule has 0 aliphatic carbocycles. The number of para-hydroxylation sites is 8. The van der Waals surface area contributed by atoms with Crippen molar-refractivity contribution >= 4 is 108 Å². The highest BCUT2D eigenvalue weighted by atomic mass is 32.1. The normalized spacial score (nSPS) is 11.5. The molecule has 0 unspecified atom stereocenters. The Morgan fingerprint density at radius 2 is 0.486 bits per heavy atom. The fourth-order valence-electron chi connectivity index (χ4n) is 20.0. The van der Waals surface area contributed by atoms with Gasteiger partial charge in [0.2, 0.25) is 0 Å². The SMILES string of the molecule is c1ccc(-c2ccccc2-c2cc(-c3ccc(-c4cc5ccccc5o4)cc3)nc(-c3cccc4c3oc3ccccc34)n2)cc1.c1ccc(-c2ccccc2-c2cc(-c3ccc(-c4cc5ccccc5o4)cc3)nc(-c3cccc4c3sc3ccccc34)n2)cc1.c1ccc(-c2ccccc2-c2cc(-c3ccc(-c4cc5ccccc5o4)cc3)nc(-c3ccccc3-n3c4ccccc4c4ccccc43)n2)cc1. The summed E-state index contributed by atoms with van der Waals surface area (Å²) >= 11 is 1.80. The molecule has 0 saturated heterocycles. The summed E-state index contributed by atoms with van der Waals surface area (Å²) < 4.78 is 29.7. The number of rotatable bonds is 16. The van der Waals surface area contributed by atoms with Crippen LogP contribution in [0.1, 0.15) is 0 Å². The van der Waals surface area contributed by atoms with Crippen molar-refractivity contribution in [2.24, 2.45) is 0 Å². The molecule has 144 heavy (non-hydrogen) atoms. The minimum atomic E-state index is 0.612. The zero-order chi connectivity index (χ0) is 95.3. The third kappa shape index (κ3) is 16.2. The fourth-order valence-corrected chi connectivity index (χ4v) is 21.2. The zero-order valence-corrected chi connectivity index (χ0v) is 78.4. The lowest BCUT2D eigenvalue weighted by molar-refractivity contribution is 0.631. The first-order valence-corrected chi connectivity index (χ1v) is 49.0. The van der Waals surface area contributed by atoms with Gasteiger partial charge in [-0.3, -0.25) is 0 Å². The Morgan fingerprint density at radius 1 is 0.181 bits per heavy atom. The standard InChI is InChI=1S/C48H31N3O.C42H26N2O2.C42H26N2OS/c1-2-14-32(15-3-1)36-17-5-6-18-37(36)42-31-41(33-26-28-34(29-27-33)47-30-35-16-4-13-25-46(35)52-47)49-48(50-42)40-21-9-12-24-45(40)51-43-22-10-7-19-38(43)39-20-8-11-23-44(39)51;1-2-11-27(12-3-1)31-14-5-6-15-32(31)37-26-36(28-21-23-29(24-22-28)40-25-30-13-4-8-19-38(30)45-40)43-42(44-37)35-18-10-17-34-33-16-7-9-20-39(33)46-41(34)35;1-2-11-27(12-3-1)31-14-5-6-15-32(31)37-26-36(28-21-23-29(24-22-28)39-25-30-13-4-8-19-38(30)45-39)43-42(44-37)35-18-10-17-34-33-16-7-9-20-40(33)46-41(34)35/h1-31H;2*1-26H. The molecule has 0 spiro atoms. The van der Waals surface area contributed by atoms with Crippen molar-refractivity contribution in [2.45, 2.75) is 0 Å². The summed E-state index contributed by atoms with van der Waals surface area (Å²) in [5.41, 5.74) is 31.6. The molecule has 0 fully saturated rings.